The van der Waals surface area contributed by atoms with Gasteiger partial charge in [-0.3, -0.25) is 23.4 Å². The number of ketones is 1. The van der Waals surface area contributed by atoms with E-state index < -0.39 is 20.6 Å². The van der Waals surface area contributed by atoms with Gasteiger partial charge in [0.25, 0.3) is 5.91 Å². The minimum Gasteiger partial charge on any atom is -0.332 e. The molecule has 2 rings (SSSR count). The Morgan fingerprint density at radius 3 is 2.15 bits per heavy atom. The van der Waals surface area contributed by atoms with Crippen LogP contribution < -0.4 is 16.1 Å². The Labute approximate surface area is 284 Å². The number of unbranched alkanes of at least 4 members (excludes halogenated alkanes) is 7. The lowest BCUT2D eigenvalue weighted by Crippen LogP contribution is -2.59. The summed E-state index contributed by atoms with van der Waals surface area (Å²) in [5.74, 6) is 0.0189. The SMILES string of the molecule is CCCCCC(=O)N(CCOS(C)(=O)=S)N(NC(=O)CCCCCC(=O)CCCC[C@@H]1SC[C@@H]2NC(=O)N[C@@H]21)C(=O)CCCCC. The van der Waals surface area contributed by atoms with Gasteiger partial charge >= 0.3 is 6.03 Å². The molecule has 5 amide bonds. The fourth-order valence-electron chi connectivity index (χ4n) is 5.55. The number of nitrogens with zero attached hydrogens (tertiary/aromatic N) is 2. The van der Waals surface area contributed by atoms with Crippen molar-refractivity contribution in [2.75, 3.05) is 25.2 Å². The molecule has 3 N–H and O–H groups in total. The molecule has 264 valence electrons. The third-order valence-corrected chi connectivity index (χ3v) is 10.5. The Kier molecular flexibility index (Phi) is 19.1. The van der Waals surface area contributed by atoms with Crippen LogP contribution in [0.25, 0.3) is 0 Å². The summed E-state index contributed by atoms with van der Waals surface area (Å²) in [4.78, 5) is 63.3. The third kappa shape index (κ3) is 15.7. The number of Topliss-reactive ketones (excluding diaryl/α,β-unsaturated/α-hetero) is 1. The molecule has 0 spiro atoms. The second kappa shape index (κ2) is 21.8. The van der Waals surface area contributed by atoms with E-state index >= 15 is 0 Å². The van der Waals surface area contributed by atoms with Crippen molar-refractivity contribution < 1.29 is 32.4 Å². The Bertz CT molecular complexity index is 1110. The molecule has 2 fully saturated rings. The molecule has 0 aliphatic carbocycles. The average Bonchev–Trinajstić information content (AvgIpc) is 3.55. The van der Waals surface area contributed by atoms with Gasteiger partial charge in [-0.05, 0) is 38.5 Å². The van der Waals surface area contributed by atoms with Crippen LogP contribution in [-0.4, -0.2) is 86.4 Å². The van der Waals surface area contributed by atoms with Gasteiger partial charge in [0.15, 0.2) is 0 Å². The summed E-state index contributed by atoms with van der Waals surface area (Å²) in [7, 11) is -2.93. The molecule has 46 heavy (non-hydrogen) atoms. The quantitative estimate of drug-likeness (QED) is 0.0802. The van der Waals surface area contributed by atoms with Crippen molar-refractivity contribution in [2.45, 2.75) is 140 Å². The molecule has 0 aromatic heterocycles. The van der Waals surface area contributed by atoms with Gasteiger partial charge < -0.3 is 10.6 Å². The fourth-order valence-corrected chi connectivity index (χ4v) is 7.68. The Morgan fingerprint density at radius 2 is 1.50 bits per heavy atom. The largest absolute Gasteiger partial charge is 0.332 e. The van der Waals surface area contributed by atoms with E-state index in [1.807, 2.05) is 25.6 Å². The predicted octanol–water partition coefficient (Wildman–Crippen LogP) is 4.30. The Balaban J connectivity index is 1.79. The normalized spacial score (nSPS) is 19.9. The van der Waals surface area contributed by atoms with E-state index in [2.05, 4.69) is 16.1 Å². The van der Waals surface area contributed by atoms with Crippen LogP contribution in [0.15, 0.2) is 0 Å². The predicted molar refractivity (Wildman–Crippen MR) is 184 cm³/mol. The first-order valence-electron chi connectivity index (χ1n) is 16.9. The number of hydrogen-bond donors (Lipinski definition) is 3. The van der Waals surface area contributed by atoms with Gasteiger partial charge in [0.05, 0.1) is 25.2 Å². The van der Waals surface area contributed by atoms with Crippen LogP contribution in [-0.2, 0) is 43.3 Å². The molecule has 2 heterocycles. The van der Waals surface area contributed by atoms with Crippen LogP contribution in [0.5, 0.6) is 0 Å². The number of hydrazine groups is 2. The van der Waals surface area contributed by atoms with E-state index in [4.69, 9.17) is 15.4 Å². The van der Waals surface area contributed by atoms with Gasteiger partial charge in [0, 0.05) is 60.6 Å². The number of nitrogens with one attached hydrogen (secondary N) is 3. The van der Waals surface area contributed by atoms with Gasteiger partial charge in [0.2, 0.25) is 11.8 Å². The minimum atomic E-state index is -2.93. The van der Waals surface area contributed by atoms with Crippen LogP contribution >= 0.6 is 11.8 Å². The second-order valence-electron chi connectivity index (χ2n) is 12.2. The molecule has 12 nitrogen and oxygen atoms in total. The van der Waals surface area contributed by atoms with Gasteiger partial charge in [-0.2, -0.15) is 16.9 Å². The van der Waals surface area contributed by atoms with Crippen molar-refractivity contribution in [3.8, 4) is 0 Å². The standard InChI is InChI=1S/C31H55N5O7S3/c1-4-6-9-19-28(39)35(21-22-43-46(3,42)44)36(29(40)20-10-7-5-2)34-27(38)18-12-8-11-15-24(37)16-13-14-17-26-30-25(23-45-26)32-31(41)33-30/h25-26,30H,4-23H2,1-3H3,(H,34,38)(H2,32,33,41)/t25-,26-,30-,46?/m0/s1. The van der Waals surface area contributed by atoms with Crippen LogP contribution in [0.1, 0.15) is 123 Å². The van der Waals surface area contributed by atoms with Gasteiger partial charge in [-0.15, -0.1) is 0 Å². The highest BCUT2D eigenvalue weighted by Crippen LogP contribution is 2.33. The number of amides is 5. The van der Waals surface area contributed by atoms with Crippen molar-refractivity contribution in [2.24, 2.45) is 0 Å². The zero-order valence-electron chi connectivity index (χ0n) is 27.9. The fraction of sp³-hybridized carbons (Fsp3) is 0.839. The Morgan fingerprint density at radius 1 is 0.891 bits per heavy atom. The van der Waals surface area contributed by atoms with Crippen molar-refractivity contribution >= 4 is 61.3 Å². The van der Waals surface area contributed by atoms with Crippen molar-refractivity contribution in [3.05, 3.63) is 0 Å². The number of urea groups is 1. The molecule has 0 bridgehead atoms. The van der Waals surface area contributed by atoms with E-state index in [0.717, 1.165) is 55.8 Å². The topological polar surface area (TPSA) is 154 Å². The number of carbonyl (C=O) groups excluding carboxylic acids is 5. The van der Waals surface area contributed by atoms with Crippen molar-refractivity contribution in [1.82, 2.24) is 26.2 Å². The summed E-state index contributed by atoms with van der Waals surface area (Å²) in [6.07, 6.45) is 12.3. The smallest absolute Gasteiger partial charge is 0.315 e. The minimum absolute atomic E-state index is 0.0807. The zero-order chi connectivity index (χ0) is 34.0. The van der Waals surface area contributed by atoms with Gasteiger partial charge in [0.1, 0.15) is 14.6 Å². The molecule has 4 atom stereocenters. The first-order chi connectivity index (χ1) is 21.9. The summed E-state index contributed by atoms with van der Waals surface area (Å²) in [5, 5.41) is 8.55. The molecule has 2 aliphatic rings. The number of rotatable bonds is 23. The highest BCUT2D eigenvalue weighted by molar-refractivity contribution is 8.29. The molecule has 0 aromatic rings. The first kappa shape index (κ1) is 40.2. The summed E-state index contributed by atoms with van der Waals surface area (Å²) in [6, 6.07) is 0.319. The maximum absolute atomic E-state index is 13.2. The molecular formula is C31H55N5O7S3. The zero-order valence-corrected chi connectivity index (χ0v) is 30.3. The highest BCUT2D eigenvalue weighted by atomic mass is 32.8. The average molecular weight is 706 g/mol. The number of carbonyl (C=O) groups is 5. The maximum Gasteiger partial charge on any atom is 0.315 e. The van der Waals surface area contributed by atoms with E-state index in [-0.39, 0.29) is 62.2 Å². The second-order valence-corrected chi connectivity index (χ2v) is 16.9. The summed E-state index contributed by atoms with van der Waals surface area (Å²) < 4.78 is 17.1. The summed E-state index contributed by atoms with van der Waals surface area (Å²) in [6.45, 7) is 3.83. The monoisotopic (exact) mass is 705 g/mol. The molecule has 0 radical (unpaired) electrons. The number of fused-ring (bicyclic) bond motifs is 1. The molecule has 0 saturated carbocycles. The van der Waals surface area contributed by atoms with E-state index in [9.17, 15) is 28.2 Å². The van der Waals surface area contributed by atoms with E-state index in [1.165, 1.54) is 11.3 Å². The lowest BCUT2D eigenvalue weighted by atomic mass is 10.0. The maximum atomic E-state index is 13.2. The van der Waals surface area contributed by atoms with Crippen LogP contribution in [0.4, 0.5) is 4.79 Å². The first-order valence-corrected chi connectivity index (χ1v) is 20.8. The van der Waals surface area contributed by atoms with Gasteiger partial charge in [-0.1, -0.05) is 52.4 Å². The van der Waals surface area contributed by atoms with Gasteiger partial charge in [-0.25, -0.2) is 19.4 Å². The van der Waals surface area contributed by atoms with Crippen molar-refractivity contribution in [3.63, 3.8) is 0 Å². The molecule has 0 aromatic carbocycles. The molecular weight excluding hydrogens is 651 g/mol. The highest BCUT2D eigenvalue weighted by Gasteiger charge is 2.42. The van der Waals surface area contributed by atoms with Crippen LogP contribution in [0.3, 0.4) is 0 Å². The van der Waals surface area contributed by atoms with Crippen LogP contribution in [0, 0.1) is 0 Å². The van der Waals surface area contributed by atoms with Crippen LogP contribution in [0.2, 0.25) is 0 Å². The summed E-state index contributed by atoms with van der Waals surface area (Å²) in [5.41, 5.74) is 2.64. The number of hydrogen-bond acceptors (Lipinski definition) is 9. The lowest BCUT2D eigenvalue weighted by Gasteiger charge is -2.34. The van der Waals surface area contributed by atoms with E-state index in [1.54, 1.807) is 0 Å². The molecule has 2 saturated heterocycles. The molecule has 2 aliphatic heterocycles. The molecule has 15 heteroatoms. The molecule has 1 unspecified atom stereocenters. The van der Waals surface area contributed by atoms with E-state index in [0.29, 0.717) is 50.2 Å². The third-order valence-electron chi connectivity index (χ3n) is 8.08. The van der Waals surface area contributed by atoms with Crippen molar-refractivity contribution in [1.29, 1.82) is 0 Å². The lowest BCUT2D eigenvalue weighted by molar-refractivity contribution is -0.175. The number of thioether (sulfide) groups is 1. The summed E-state index contributed by atoms with van der Waals surface area (Å²) >= 11 is 6.69. The Hall–Kier alpha value is -1.97.